The number of carbonyl (C=O) groups is 3. The van der Waals surface area contributed by atoms with Crippen molar-refractivity contribution in [1.29, 1.82) is 0 Å². The molecule has 0 aromatic heterocycles. The minimum Gasteiger partial charge on any atom is -0.321 e. The lowest BCUT2D eigenvalue weighted by molar-refractivity contribution is -0.113. The summed E-state index contributed by atoms with van der Waals surface area (Å²) < 4.78 is 0. The Kier molecular flexibility index (Phi) is 8.88. The van der Waals surface area contributed by atoms with Crippen molar-refractivity contribution in [2.24, 2.45) is 0 Å². The fourth-order valence-corrected chi connectivity index (χ4v) is 3.94. The second-order valence-corrected chi connectivity index (χ2v) is 9.03. The zero-order valence-electron chi connectivity index (χ0n) is 20.0. The molecule has 0 aliphatic heterocycles. The molecule has 0 spiro atoms. The molecule has 0 saturated carbocycles. The zero-order valence-corrected chi connectivity index (χ0v) is 21.5. The summed E-state index contributed by atoms with van der Waals surface area (Å²) in [4.78, 5) is 38.5. The Morgan fingerprint density at radius 1 is 0.711 bits per heavy atom. The van der Waals surface area contributed by atoms with Crippen LogP contribution in [0.3, 0.4) is 0 Å². The molecule has 4 aromatic rings. The summed E-state index contributed by atoms with van der Waals surface area (Å²) in [6.45, 7) is 0. The Bertz CT molecular complexity index is 1510. The number of ketones is 1. The molecule has 0 fully saturated rings. The van der Waals surface area contributed by atoms with E-state index in [0.29, 0.717) is 32.4 Å². The molecular weight excluding hydrogens is 519 g/mol. The summed E-state index contributed by atoms with van der Waals surface area (Å²) in [5.41, 5.74) is 2.82. The predicted octanol–water partition coefficient (Wildman–Crippen LogP) is 7.30. The van der Waals surface area contributed by atoms with Gasteiger partial charge in [-0.05, 0) is 77.9 Å². The van der Waals surface area contributed by atoms with Crippen LogP contribution in [0.15, 0.2) is 115 Å². The Balaban J connectivity index is 1.47. The first-order chi connectivity index (χ1) is 18.4. The monoisotopic (exact) mass is 540 g/mol. The number of allylic oxidation sites excluding steroid dienone is 1. The van der Waals surface area contributed by atoms with Crippen molar-refractivity contribution >= 4 is 58.6 Å². The van der Waals surface area contributed by atoms with Crippen molar-refractivity contribution in [1.82, 2.24) is 5.32 Å². The number of halogens is 2. The van der Waals surface area contributed by atoms with Crippen LogP contribution in [0.5, 0.6) is 0 Å². The molecule has 0 bridgehead atoms. The third kappa shape index (κ3) is 7.29. The first-order valence-electron chi connectivity index (χ1n) is 11.6. The summed E-state index contributed by atoms with van der Waals surface area (Å²) in [5, 5.41) is 6.43. The van der Waals surface area contributed by atoms with Gasteiger partial charge in [-0.3, -0.25) is 14.4 Å². The fraction of sp³-hybridized carbons (Fsp3) is 0. The maximum atomic E-state index is 13.1. The topological polar surface area (TPSA) is 75.3 Å². The van der Waals surface area contributed by atoms with E-state index >= 15 is 0 Å². The van der Waals surface area contributed by atoms with Crippen LogP contribution in [0, 0.1) is 0 Å². The smallest absolute Gasteiger partial charge is 0.272 e. The Hall–Kier alpha value is -4.45. The summed E-state index contributed by atoms with van der Waals surface area (Å²) in [6.07, 6.45) is 4.63. The van der Waals surface area contributed by atoms with Gasteiger partial charge in [0.05, 0.1) is 0 Å². The van der Waals surface area contributed by atoms with Crippen molar-refractivity contribution in [3.05, 3.63) is 147 Å². The van der Waals surface area contributed by atoms with E-state index in [1.54, 1.807) is 84.9 Å². The number of anilines is 1. The van der Waals surface area contributed by atoms with Crippen LogP contribution in [-0.2, 0) is 4.79 Å². The van der Waals surface area contributed by atoms with E-state index in [1.807, 2.05) is 30.3 Å². The van der Waals surface area contributed by atoms with Crippen LogP contribution in [0.1, 0.15) is 31.8 Å². The van der Waals surface area contributed by atoms with Gasteiger partial charge < -0.3 is 10.6 Å². The molecule has 188 valence electrons. The molecule has 5 nitrogen and oxygen atoms in total. The van der Waals surface area contributed by atoms with E-state index in [1.165, 1.54) is 6.08 Å². The molecule has 0 aliphatic carbocycles. The Morgan fingerprint density at radius 3 is 2.03 bits per heavy atom. The molecule has 2 N–H and O–H groups in total. The molecule has 0 saturated heterocycles. The number of rotatable bonds is 8. The number of amides is 2. The van der Waals surface area contributed by atoms with Gasteiger partial charge in [-0.25, -0.2) is 0 Å². The maximum Gasteiger partial charge on any atom is 0.272 e. The van der Waals surface area contributed by atoms with Crippen molar-refractivity contribution in [2.75, 3.05) is 5.32 Å². The standard InChI is InChI=1S/C31H22Cl2N2O3/c32-25-15-11-22(27(33)20-25)14-18-29(36)23-12-16-26(17-13-23)34-31(38)28(19-21-7-3-1-4-8-21)35-30(37)24-9-5-2-6-10-24/h1-20H,(H,34,38)(H,35,37)/b18-14+,28-19-. The summed E-state index contributed by atoms with van der Waals surface area (Å²) in [7, 11) is 0. The minimum atomic E-state index is -0.505. The van der Waals surface area contributed by atoms with Gasteiger partial charge in [0.15, 0.2) is 5.78 Å². The normalized spacial score (nSPS) is 11.3. The lowest BCUT2D eigenvalue weighted by atomic mass is 10.1. The first kappa shape index (κ1) is 26.6. The van der Waals surface area contributed by atoms with Crippen LogP contribution in [-0.4, -0.2) is 17.6 Å². The van der Waals surface area contributed by atoms with Crippen LogP contribution >= 0.6 is 23.2 Å². The number of hydrogen-bond acceptors (Lipinski definition) is 3. The van der Waals surface area contributed by atoms with Crippen LogP contribution in [0.4, 0.5) is 5.69 Å². The SMILES string of the molecule is O=C(Nc1ccc(C(=O)/C=C/c2ccc(Cl)cc2Cl)cc1)/C(=C/c1ccccc1)NC(=O)c1ccccc1. The van der Waals surface area contributed by atoms with Crippen LogP contribution in [0.2, 0.25) is 10.0 Å². The van der Waals surface area contributed by atoms with Gasteiger partial charge in [0, 0.05) is 26.9 Å². The number of benzene rings is 4. The molecule has 2 amide bonds. The highest BCUT2D eigenvalue weighted by Gasteiger charge is 2.15. The maximum absolute atomic E-state index is 13.1. The quantitative estimate of drug-likeness (QED) is 0.182. The molecule has 0 aliphatic rings. The van der Waals surface area contributed by atoms with E-state index in [-0.39, 0.29) is 11.5 Å². The molecule has 4 aromatic carbocycles. The highest BCUT2D eigenvalue weighted by Crippen LogP contribution is 2.22. The van der Waals surface area contributed by atoms with Crippen molar-refractivity contribution < 1.29 is 14.4 Å². The van der Waals surface area contributed by atoms with Crippen LogP contribution < -0.4 is 10.6 Å². The molecule has 38 heavy (non-hydrogen) atoms. The molecule has 0 unspecified atom stereocenters. The highest BCUT2D eigenvalue weighted by atomic mass is 35.5. The summed E-state index contributed by atoms with van der Waals surface area (Å²) >= 11 is 12.1. The molecular formula is C31H22Cl2N2O3. The van der Waals surface area contributed by atoms with E-state index in [2.05, 4.69) is 10.6 Å². The minimum absolute atomic E-state index is 0.0768. The van der Waals surface area contributed by atoms with Gasteiger partial charge in [0.25, 0.3) is 11.8 Å². The van der Waals surface area contributed by atoms with Crippen molar-refractivity contribution in [3.63, 3.8) is 0 Å². The lowest BCUT2D eigenvalue weighted by Crippen LogP contribution is -2.30. The second-order valence-electron chi connectivity index (χ2n) is 8.18. The van der Waals surface area contributed by atoms with E-state index in [0.717, 1.165) is 5.56 Å². The van der Waals surface area contributed by atoms with Gasteiger partial charge >= 0.3 is 0 Å². The summed E-state index contributed by atoms with van der Waals surface area (Å²) in [5.74, 6) is -1.14. The summed E-state index contributed by atoms with van der Waals surface area (Å²) in [6, 6.07) is 29.3. The molecule has 0 atom stereocenters. The molecule has 0 heterocycles. The molecule has 4 rings (SSSR count). The van der Waals surface area contributed by atoms with Gasteiger partial charge in [-0.2, -0.15) is 0 Å². The average Bonchev–Trinajstić information content (AvgIpc) is 2.93. The first-order valence-corrected chi connectivity index (χ1v) is 12.4. The average molecular weight is 541 g/mol. The number of hydrogen-bond donors (Lipinski definition) is 2. The highest BCUT2D eigenvalue weighted by molar-refractivity contribution is 6.35. The van der Waals surface area contributed by atoms with Gasteiger partial charge in [0.1, 0.15) is 5.70 Å². The van der Waals surface area contributed by atoms with E-state index in [4.69, 9.17) is 23.2 Å². The van der Waals surface area contributed by atoms with Crippen molar-refractivity contribution in [3.8, 4) is 0 Å². The molecule has 7 heteroatoms. The second kappa shape index (κ2) is 12.7. The van der Waals surface area contributed by atoms with E-state index in [9.17, 15) is 14.4 Å². The van der Waals surface area contributed by atoms with Crippen LogP contribution in [0.25, 0.3) is 12.2 Å². The van der Waals surface area contributed by atoms with Gasteiger partial charge in [-0.1, -0.05) is 77.8 Å². The number of carbonyl (C=O) groups excluding carboxylic acids is 3. The number of nitrogens with one attached hydrogen (secondary N) is 2. The Morgan fingerprint density at radius 2 is 1.37 bits per heavy atom. The molecule has 0 radical (unpaired) electrons. The third-order valence-electron chi connectivity index (χ3n) is 5.44. The fourth-order valence-electron chi connectivity index (χ4n) is 3.47. The van der Waals surface area contributed by atoms with Gasteiger partial charge in [-0.15, -0.1) is 0 Å². The lowest BCUT2D eigenvalue weighted by Gasteiger charge is -2.12. The predicted molar refractivity (Wildman–Crippen MR) is 153 cm³/mol. The van der Waals surface area contributed by atoms with E-state index < -0.39 is 11.8 Å². The van der Waals surface area contributed by atoms with Crippen molar-refractivity contribution in [2.45, 2.75) is 0 Å². The zero-order chi connectivity index (χ0) is 26.9. The Labute approximate surface area is 230 Å². The largest absolute Gasteiger partial charge is 0.321 e. The third-order valence-corrected chi connectivity index (χ3v) is 6.01. The van der Waals surface area contributed by atoms with Gasteiger partial charge in [0.2, 0.25) is 0 Å².